The molecule has 1 amide bonds. The van der Waals surface area contributed by atoms with E-state index in [4.69, 9.17) is 5.11 Å². The number of benzene rings is 1. The average molecular weight is 287 g/mol. The lowest BCUT2D eigenvalue weighted by Crippen LogP contribution is -2.36. The monoisotopic (exact) mass is 287 g/mol. The third-order valence-corrected chi connectivity index (χ3v) is 2.99. The molecule has 0 unspecified atom stereocenters. The number of aliphatic carboxylic acids is 1. The number of carboxylic acids is 1. The third kappa shape index (κ3) is 3.47. The smallest absolute Gasteiger partial charge is 0.323 e. The standard InChI is InChI=1S/C15H17N3O3/c1-2-9-17(11-14(19)20)15(21)12-6-3-4-7-13(12)18-10-5-8-16-18/h3-8,10H,2,9,11H2,1H3,(H,19,20). The van der Waals surface area contributed by atoms with Crippen molar-refractivity contribution in [1.29, 1.82) is 0 Å². The van der Waals surface area contributed by atoms with Gasteiger partial charge >= 0.3 is 5.97 Å². The molecule has 2 rings (SSSR count). The van der Waals surface area contributed by atoms with Gasteiger partial charge in [-0.2, -0.15) is 5.10 Å². The Balaban J connectivity index is 2.36. The molecule has 0 spiro atoms. The van der Waals surface area contributed by atoms with Gasteiger partial charge in [0.15, 0.2) is 0 Å². The molecule has 0 saturated heterocycles. The van der Waals surface area contributed by atoms with Crippen LogP contribution in [-0.4, -0.2) is 44.8 Å². The molecule has 1 N–H and O–H groups in total. The summed E-state index contributed by atoms with van der Waals surface area (Å²) in [5, 5.41) is 13.1. The summed E-state index contributed by atoms with van der Waals surface area (Å²) in [5.41, 5.74) is 1.08. The maximum Gasteiger partial charge on any atom is 0.323 e. The molecule has 1 aromatic heterocycles. The number of nitrogens with zero attached hydrogens (tertiary/aromatic N) is 3. The summed E-state index contributed by atoms with van der Waals surface area (Å²) in [6, 6.07) is 8.80. The Labute approximate surface area is 122 Å². The fourth-order valence-electron chi connectivity index (χ4n) is 2.12. The second-order valence-corrected chi connectivity index (χ2v) is 4.59. The van der Waals surface area contributed by atoms with E-state index in [-0.39, 0.29) is 12.5 Å². The summed E-state index contributed by atoms with van der Waals surface area (Å²) in [4.78, 5) is 24.9. The molecule has 110 valence electrons. The Hall–Kier alpha value is -2.63. The number of rotatable bonds is 6. The zero-order valence-electron chi connectivity index (χ0n) is 11.8. The van der Waals surface area contributed by atoms with Crippen molar-refractivity contribution in [2.75, 3.05) is 13.1 Å². The third-order valence-electron chi connectivity index (χ3n) is 2.99. The van der Waals surface area contributed by atoms with Crippen molar-refractivity contribution in [2.45, 2.75) is 13.3 Å². The molecule has 0 aliphatic rings. The van der Waals surface area contributed by atoms with Crippen LogP contribution in [0.3, 0.4) is 0 Å². The van der Waals surface area contributed by atoms with Gasteiger partial charge in [-0.25, -0.2) is 4.68 Å². The molecule has 0 aliphatic carbocycles. The lowest BCUT2D eigenvalue weighted by Gasteiger charge is -2.21. The first kappa shape index (κ1) is 14.8. The van der Waals surface area contributed by atoms with Gasteiger partial charge in [-0.1, -0.05) is 19.1 Å². The normalized spacial score (nSPS) is 10.3. The SMILES string of the molecule is CCCN(CC(=O)O)C(=O)c1ccccc1-n1cccn1. The number of hydrogen-bond acceptors (Lipinski definition) is 3. The zero-order chi connectivity index (χ0) is 15.2. The van der Waals surface area contributed by atoms with Crippen LogP contribution in [-0.2, 0) is 4.79 Å². The largest absolute Gasteiger partial charge is 0.480 e. The molecule has 1 aromatic carbocycles. The van der Waals surface area contributed by atoms with E-state index in [2.05, 4.69) is 5.10 Å². The summed E-state index contributed by atoms with van der Waals surface area (Å²) in [5.74, 6) is -1.32. The topological polar surface area (TPSA) is 75.4 Å². The van der Waals surface area contributed by atoms with Gasteiger partial charge in [0, 0.05) is 18.9 Å². The first-order valence-corrected chi connectivity index (χ1v) is 6.73. The molecule has 1 heterocycles. The van der Waals surface area contributed by atoms with Crippen LogP contribution in [0.5, 0.6) is 0 Å². The van der Waals surface area contributed by atoms with Gasteiger partial charge in [0.2, 0.25) is 0 Å². The number of carboxylic acid groups (broad SMARTS) is 1. The van der Waals surface area contributed by atoms with E-state index in [1.807, 2.05) is 13.0 Å². The predicted octanol–water partition coefficient (Wildman–Crippen LogP) is 1.81. The summed E-state index contributed by atoms with van der Waals surface area (Å²) in [6.07, 6.45) is 4.07. The highest BCUT2D eigenvalue weighted by Gasteiger charge is 2.20. The first-order valence-electron chi connectivity index (χ1n) is 6.73. The molecule has 21 heavy (non-hydrogen) atoms. The maximum absolute atomic E-state index is 12.6. The maximum atomic E-state index is 12.6. The average Bonchev–Trinajstić information content (AvgIpc) is 3.00. The van der Waals surface area contributed by atoms with E-state index in [9.17, 15) is 9.59 Å². The predicted molar refractivity (Wildman–Crippen MR) is 77.4 cm³/mol. The van der Waals surface area contributed by atoms with E-state index >= 15 is 0 Å². The molecule has 2 aromatic rings. The Bertz CT molecular complexity index is 623. The van der Waals surface area contributed by atoms with E-state index in [0.29, 0.717) is 24.2 Å². The van der Waals surface area contributed by atoms with Crippen molar-refractivity contribution in [3.63, 3.8) is 0 Å². The van der Waals surface area contributed by atoms with Gasteiger partial charge in [0.1, 0.15) is 6.54 Å². The zero-order valence-corrected chi connectivity index (χ0v) is 11.8. The van der Waals surface area contributed by atoms with Crippen molar-refractivity contribution in [1.82, 2.24) is 14.7 Å². The van der Waals surface area contributed by atoms with Crippen LogP contribution in [0.15, 0.2) is 42.7 Å². The Morgan fingerprint density at radius 2 is 2.05 bits per heavy atom. The molecule has 0 saturated carbocycles. The summed E-state index contributed by atoms with van der Waals surface area (Å²) < 4.78 is 1.60. The lowest BCUT2D eigenvalue weighted by atomic mass is 10.1. The number of para-hydroxylation sites is 1. The van der Waals surface area contributed by atoms with Gasteiger partial charge in [0.05, 0.1) is 11.3 Å². The molecule has 0 fully saturated rings. The molecule has 0 atom stereocenters. The number of hydrogen-bond donors (Lipinski definition) is 1. The molecule has 6 heteroatoms. The van der Waals surface area contributed by atoms with E-state index < -0.39 is 5.97 Å². The van der Waals surface area contributed by atoms with Crippen molar-refractivity contribution in [2.24, 2.45) is 0 Å². The molecular formula is C15H17N3O3. The highest BCUT2D eigenvalue weighted by Crippen LogP contribution is 2.16. The number of amides is 1. The summed E-state index contributed by atoms with van der Waals surface area (Å²) >= 11 is 0. The number of aromatic nitrogens is 2. The van der Waals surface area contributed by atoms with E-state index in [1.54, 1.807) is 41.3 Å². The van der Waals surface area contributed by atoms with Crippen molar-refractivity contribution in [3.05, 3.63) is 48.3 Å². The summed E-state index contributed by atoms with van der Waals surface area (Å²) in [7, 11) is 0. The minimum Gasteiger partial charge on any atom is -0.480 e. The van der Waals surface area contributed by atoms with Gasteiger partial charge in [-0.15, -0.1) is 0 Å². The number of carbonyl (C=O) groups excluding carboxylic acids is 1. The van der Waals surface area contributed by atoms with Crippen LogP contribution in [0.25, 0.3) is 5.69 Å². The van der Waals surface area contributed by atoms with Crippen LogP contribution in [0, 0.1) is 0 Å². The highest BCUT2D eigenvalue weighted by molar-refractivity contribution is 5.99. The quantitative estimate of drug-likeness (QED) is 0.879. The molecule has 0 radical (unpaired) electrons. The van der Waals surface area contributed by atoms with Gasteiger partial charge in [-0.3, -0.25) is 9.59 Å². The minimum atomic E-state index is -1.02. The second kappa shape index (κ2) is 6.69. The van der Waals surface area contributed by atoms with Gasteiger partial charge in [-0.05, 0) is 24.6 Å². The molecule has 0 aliphatic heterocycles. The van der Waals surface area contributed by atoms with Crippen LogP contribution >= 0.6 is 0 Å². The van der Waals surface area contributed by atoms with E-state index in [1.165, 1.54) is 4.90 Å². The van der Waals surface area contributed by atoms with Gasteiger partial charge < -0.3 is 10.0 Å². The van der Waals surface area contributed by atoms with Gasteiger partial charge in [0.25, 0.3) is 5.91 Å². The van der Waals surface area contributed by atoms with Crippen molar-refractivity contribution >= 4 is 11.9 Å². The van der Waals surface area contributed by atoms with Crippen molar-refractivity contribution < 1.29 is 14.7 Å². The second-order valence-electron chi connectivity index (χ2n) is 4.59. The molecule has 0 bridgehead atoms. The van der Waals surface area contributed by atoms with Crippen LogP contribution in [0.4, 0.5) is 0 Å². The minimum absolute atomic E-state index is 0.301. The first-order chi connectivity index (χ1) is 10.1. The van der Waals surface area contributed by atoms with Crippen LogP contribution in [0.1, 0.15) is 23.7 Å². The Kier molecular flexibility index (Phi) is 4.71. The van der Waals surface area contributed by atoms with E-state index in [0.717, 1.165) is 0 Å². The fraction of sp³-hybridized carbons (Fsp3) is 0.267. The van der Waals surface area contributed by atoms with Crippen molar-refractivity contribution in [3.8, 4) is 5.69 Å². The Morgan fingerprint density at radius 3 is 2.67 bits per heavy atom. The Morgan fingerprint density at radius 1 is 1.29 bits per heavy atom. The molecular weight excluding hydrogens is 270 g/mol. The van der Waals surface area contributed by atoms with Crippen LogP contribution in [0.2, 0.25) is 0 Å². The number of carbonyl (C=O) groups is 2. The highest BCUT2D eigenvalue weighted by atomic mass is 16.4. The lowest BCUT2D eigenvalue weighted by molar-refractivity contribution is -0.137. The van der Waals surface area contributed by atoms with Crippen LogP contribution < -0.4 is 0 Å². The fourth-order valence-corrected chi connectivity index (χ4v) is 2.12. The molecule has 6 nitrogen and oxygen atoms in total. The summed E-state index contributed by atoms with van der Waals surface area (Å²) in [6.45, 7) is 2.00.